The highest BCUT2D eigenvalue weighted by molar-refractivity contribution is 5.85. The van der Waals surface area contributed by atoms with Gasteiger partial charge in [-0.2, -0.15) is 0 Å². The van der Waals surface area contributed by atoms with Crippen LogP contribution in [0, 0.1) is 0 Å². The van der Waals surface area contributed by atoms with E-state index in [1.165, 1.54) is 0 Å². The van der Waals surface area contributed by atoms with Crippen LogP contribution in [0.25, 0.3) is 0 Å². The van der Waals surface area contributed by atoms with Crippen molar-refractivity contribution in [1.29, 1.82) is 0 Å². The molecule has 0 heterocycles. The van der Waals surface area contributed by atoms with E-state index in [0.717, 1.165) is 0 Å². The Labute approximate surface area is 89.2 Å². The highest BCUT2D eigenvalue weighted by Crippen LogP contribution is 1.92. The number of halogens is 1. The van der Waals surface area contributed by atoms with E-state index in [4.69, 9.17) is 16.6 Å². The third-order valence-corrected chi connectivity index (χ3v) is 1.56. The van der Waals surface area contributed by atoms with Crippen LogP contribution in [0.15, 0.2) is 4.99 Å². The van der Waals surface area contributed by atoms with Gasteiger partial charge in [0.1, 0.15) is 6.04 Å². The van der Waals surface area contributed by atoms with Crippen molar-refractivity contribution < 1.29 is 9.90 Å². The standard InChI is InChI=1S/C7H16N4O2.ClH/c1-10-7(9)11-4-2-3-5(8)6(12)13;/h5H,2-4,8H2,1H3,(H,12,13)(H3,9,10,11);1H. The molecule has 0 rings (SSSR count). The summed E-state index contributed by atoms with van der Waals surface area (Å²) in [7, 11) is 1.57. The maximum Gasteiger partial charge on any atom is 0.320 e. The van der Waals surface area contributed by atoms with Crippen LogP contribution < -0.4 is 16.8 Å². The van der Waals surface area contributed by atoms with Gasteiger partial charge in [0.15, 0.2) is 5.96 Å². The van der Waals surface area contributed by atoms with Crippen LogP contribution in [0.2, 0.25) is 0 Å². The van der Waals surface area contributed by atoms with Gasteiger partial charge in [0.2, 0.25) is 0 Å². The molecule has 0 aliphatic heterocycles. The van der Waals surface area contributed by atoms with Crippen LogP contribution >= 0.6 is 12.4 Å². The van der Waals surface area contributed by atoms with E-state index in [1.54, 1.807) is 7.05 Å². The predicted octanol–water partition coefficient (Wildman–Crippen LogP) is -0.866. The van der Waals surface area contributed by atoms with Crippen LogP contribution in [0.3, 0.4) is 0 Å². The molecule has 0 saturated heterocycles. The van der Waals surface area contributed by atoms with Gasteiger partial charge in [-0.1, -0.05) is 0 Å². The highest BCUT2D eigenvalue weighted by Gasteiger charge is 2.09. The minimum atomic E-state index is -0.975. The molecule has 0 radical (unpaired) electrons. The lowest BCUT2D eigenvalue weighted by atomic mass is 10.2. The number of hydrogen-bond donors (Lipinski definition) is 4. The Kier molecular flexibility index (Phi) is 9.48. The molecule has 1 unspecified atom stereocenters. The van der Waals surface area contributed by atoms with E-state index in [-0.39, 0.29) is 12.4 Å². The minimum Gasteiger partial charge on any atom is -0.480 e. The van der Waals surface area contributed by atoms with Crippen molar-refractivity contribution in [3.8, 4) is 0 Å². The first kappa shape index (κ1) is 15.5. The Morgan fingerprint density at radius 1 is 1.64 bits per heavy atom. The second-order valence-corrected chi connectivity index (χ2v) is 2.62. The molecule has 14 heavy (non-hydrogen) atoms. The van der Waals surface area contributed by atoms with E-state index in [9.17, 15) is 4.79 Å². The predicted molar refractivity (Wildman–Crippen MR) is 57.6 cm³/mol. The van der Waals surface area contributed by atoms with Crippen LogP contribution in [-0.2, 0) is 4.79 Å². The van der Waals surface area contributed by atoms with Gasteiger partial charge in [-0.05, 0) is 12.8 Å². The van der Waals surface area contributed by atoms with Gasteiger partial charge in [-0.3, -0.25) is 9.79 Å². The number of nitrogens with one attached hydrogen (secondary N) is 1. The molecule has 0 aromatic carbocycles. The maximum atomic E-state index is 10.3. The molecule has 6 nitrogen and oxygen atoms in total. The van der Waals surface area contributed by atoms with Crippen molar-refractivity contribution in [2.45, 2.75) is 18.9 Å². The monoisotopic (exact) mass is 224 g/mol. The topological polar surface area (TPSA) is 114 Å². The summed E-state index contributed by atoms with van der Waals surface area (Å²) in [5.74, 6) is -0.624. The lowest BCUT2D eigenvalue weighted by Crippen LogP contribution is -2.34. The first-order valence-corrected chi connectivity index (χ1v) is 4.02. The summed E-state index contributed by atoms with van der Waals surface area (Å²) in [6, 6.07) is -0.790. The Bertz CT molecular complexity index is 198. The molecule has 1 atom stereocenters. The number of carboxylic acids is 1. The fourth-order valence-corrected chi connectivity index (χ4v) is 0.741. The SMILES string of the molecule is CN=C(N)NCCCC(N)C(=O)O.Cl. The molecule has 0 aromatic rings. The second kappa shape index (κ2) is 8.58. The molecule has 7 heteroatoms. The molecule has 84 valence electrons. The van der Waals surface area contributed by atoms with Crippen molar-refractivity contribution in [2.24, 2.45) is 16.5 Å². The summed E-state index contributed by atoms with van der Waals surface area (Å²) in [6.07, 6.45) is 1.09. The Morgan fingerprint density at radius 3 is 2.64 bits per heavy atom. The number of hydrogen-bond acceptors (Lipinski definition) is 3. The van der Waals surface area contributed by atoms with Crippen molar-refractivity contribution in [3.05, 3.63) is 0 Å². The molecule has 0 saturated carbocycles. The van der Waals surface area contributed by atoms with Gasteiger partial charge in [-0.25, -0.2) is 0 Å². The number of rotatable bonds is 5. The van der Waals surface area contributed by atoms with Crippen LogP contribution in [0.1, 0.15) is 12.8 Å². The highest BCUT2D eigenvalue weighted by atomic mass is 35.5. The molecule has 0 aliphatic carbocycles. The molecule has 0 amide bonds. The van der Waals surface area contributed by atoms with E-state index >= 15 is 0 Å². The average Bonchev–Trinajstić information content (AvgIpc) is 2.11. The zero-order valence-electron chi connectivity index (χ0n) is 8.06. The number of nitrogens with two attached hydrogens (primary N) is 2. The molecule has 0 aromatic heterocycles. The summed E-state index contributed by atoms with van der Waals surface area (Å²) in [5.41, 5.74) is 10.6. The summed E-state index contributed by atoms with van der Waals surface area (Å²) >= 11 is 0. The minimum absolute atomic E-state index is 0. The van der Waals surface area contributed by atoms with Crippen molar-refractivity contribution in [2.75, 3.05) is 13.6 Å². The normalized spacial score (nSPS) is 12.9. The smallest absolute Gasteiger partial charge is 0.320 e. The molecular weight excluding hydrogens is 208 g/mol. The fraction of sp³-hybridized carbons (Fsp3) is 0.714. The van der Waals surface area contributed by atoms with Gasteiger partial charge in [0.05, 0.1) is 0 Å². The van der Waals surface area contributed by atoms with Crippen molar-refractivity contribution >= 4 is 24.3 Å². The van der Waals surface area contributed by atoms with Gasteiger partial charge >= 0.3 is 5.97 Å². The van der Waals surface area contributed by atoms with E-state index < -0.39 is 12.0 Å². The molecule has 6 N–H and O–H groups in total. The average molecular weight is 225 g/mol. The molecular formula is C7H17ClN4O2. The van der Waals surface area contributed by atoms with Gasteiger partial charge < -0.3 is 21.9 Å². The number of carboxylic acid groups (broad SMARTS) is 1. The van der Waals surface area contributed by atoms with Crippen LogP contribution in [-0.4, -0.2) is 36.7 Å². The Balaban J connectivity index is 0. The van der Waals surface area contributed by atoms with E-state index in [1.807, 2.05) is 0 Å². The first-order valence-electron chi connectivity index (χ1n) is 4.02. The Morgan fingerprint density at radius 2 is 2.21 bits per heavy atom. The zero-order chi connectivity index (χ0) is 10.3. The summed E-state index contributed by atoms with van der Waals surface area (Å²) in [6.45, 7) is 0.587. The first-order chi connectivity index (χ1) is 6.07. The van der Waals surface area contributed by atoms with E-state index in [2.05, 4.69) is 10.3 Å². The molecule has 0 bridgehead atoms. The maximum absolute atomic E-state index is 10.3. The number of aliphatic imine (C=N–C) groups is 1. The van der Waals surface area contributed by atoms with Crippen LogP contribution in [0.4, 0.5) is 0 Å². The van der Waals surface area contributed by atoms with Crippen molar-refractivity contribution in [3.63, 3.8) is 0 Å². The third-order valence-electron chi connectivity index (χ3n) is 1.56. The summed E-state index contributed by atoms with van der Waals surface area (Å²) < 4.78 is 0. The fourth-order valence-electron chi connectivity index (χ4n) is 0.741. The number of guanidine groups is 1. The van der Waals surface area contributed by atoms with E-state index in [0.29, 0.717) is 25.3 Å². The summed E-state index contributed by atoms with van der Waals surface area (Å²) in [4.78, 5) is 14.0. The molecule has 0 fully saturated rings. The number of carbonyl (C=O) groups is 1. The lowest BCUT2D eigenvalue weighted by Gasteiger charge is -2.07. The van der Waals surface area contributed by atoms with Gasteiger partial charge in [0.25, 0.3) is 0 Å². The zero-order valence-corrected chi connectivity index (χ0v) is 8.88. The Hall–Kier alpha value is -1.01. The largest absolute Gasteiger partial charge is 0.480 e. The second-order valence-electron chi connectivity index (χ2n) is 2.62. The van der Waals surface area contributed by atoms with Crippen molar-refractivity contribution in [1.82, 2.24) is 5.32 Å². The summed E-state index contributed by atoms with van der Waals surface area (Å²) in [5, 5.41) is 11.2. The van der Waals surface area contributed by atoms with Gasteiger partial charge in [0, 0.05) is 13.6 Å². The lowest BCUT2D eigenvalue weighted by molar-refractivity contribution is -0.138. The molecule has 0 spiro atoms. The molecule has 0 aliphatic rings. The number of nitrogens with zero attached hydrogens (tertiary/aromatic N) is 1. The van der Waals surface area contributed by atoms with Gasteiger partial charge in [-0.15, -0.1) is 12.4 Å². The quantitative estimate of drug-likeness (QED) is 0.276. The third kappa shape index (κ3) is 7.63. The number of aliphatic carboxylic acids is 1. The van der Waals surface area contributed by atoms with Crippen LogP contribution in [0.5, 0.6) is 0 Å².